The minimum Gasteiger partial charge on any atom is -0.394 e. The normalized spacial score (nSPS) is 13.6. The Hall–Kier alpha value is -1.06. The number of aliphatic hydroxyl groups excluding tert-OH is 13. The lowest BCUT2D eigenvalue weighted by Gasteiger charge is -2.31. The van der Waals surface area contributed by atoms with Crippen LogP contribution in [-0.2, 0) is 14.4 Å². The molecule has 3 aromatic carbocycles. The van der Waals surface area contributed by atoms with Gasteiger partial charge in [-0.05, 0) is 203 Å². The molecule has 40 heteroatoms. The maximum Gasteiger partial charge on any atom is 0.256 e. The molecule has 19 N–H and O–H groups in total. The Kier molecular flexibility index (Phi) is 35.7. The molecule has 0 aliphatic heterocycles. The molecule has 0 saturated carbocycles. The molecule has 89 heavy (non-hydrogen) atoms. The summed E-state index contributed by atoms with van der Waals surface area (Å²) in [6.45, 7) is -9.12. The summed E-state index contributed by atoms with van der Waals surface area (Å²) in [6, 6.07) is 0. The Labute approximate surface area is 629 Å². The molecule has 0 heterocycles. The van der Waals surface area contributed by atoms with Crippen molar-refractivity contribution in [1.82, 2.24) is 30.7 Å². The molecule has 0 saturated heterocycles. The number of nitrogens with zero attached hydrogens (tertiary/aromatic N) is 3. The Morgan fingerprint density at radius 2 is 0.618 bits per heavy atom. The summed E-state index contributed by atoms with van der Waals surface area (Å²) in [5, 5.41) is 144. The highest BCUT2D eigenvalue weighted by molar-refractivity contribution is 14.1. The van der Waals surface area contributed by atoms with Gasteiger partial charge in [-0.3, -0.25) is 43.2 Å². The SMILES string of the molecule is CN(CCN(CC(O)CN(C)C(=O)c1c(I)c(NC(=O)C(O)CO)c(I)c(C(=O)NCC(O)CO)c1I)C(=O)c1c(I)c(NC(=O)C(O)CO)c(I)c(C(=O)NCC(O)CO)c1I)C(=O)c1c(I)c(NC(=O)C(O)CO)c(I)c(C(=O)NCC(O)CO)c1I. The zero-order valence-electron chi connectivity index (χ0n) is 46.0. The van der Waals surface area contributed by atoms with E-state index in [1.165, 1.54) is 14.1 Å². The van der Waals surface area contributed by atoms with Crippen molar-refractivity contribution in [3.8, 4) is 0 Å². The standard InChI is InChI=1S/C49H58I9N9O22/c1-65(47(87)26-29(50)23(44(84)59-5-16(74)10-68)32(53)38(35(26)56)62-41(81)20(78)13-71)3-4-67(49(89)28-31(52)25(46(86)61-7-18(76)12-70)34(55)40(37(28)58)64-43(83)22(80)15-73)9-19(77)8-66(2)48(88)27-30(51)24(45(85)60-6-17(75)11-69)33(54)39(36(27)57)63-42(82)21(79)14-72/h16-22,68-80H,3-15H2,1-2H3,(H,59,84)(H,60,85)(H,61,86)(H,62,81)(H,63,82)(H,64,83). The lowest BCUT2D eigenvalue weighted by Crippen LogP contribution is -2.47. The van der Waals surface area contributed by atoms with Crippen molar-refractivity contribution in [2.24, 2.45) is 0 Å². The van der Waals surface area contributed by atoms with Crippen molar-refractivity contribution in [2.45, 2.75) is 42.7 Å². The van der Waals surface area contributed by atoms with E-state index < -0.39 is 181 Å². The van der Waals surface area contributed by atoms with E-state index in [-0.39, 0.29) is 82.6 Å². The summed E-state index contributed by atoms with van der Waals surface area (Å²) in [7, 11) is 2.51. The summed E-state index contributed by atoms with van der Waals surface area (Å²) < 4.78 is -0.128. The van der Waals surface area contributed by atoms with Crippen LogP contribution in [0.5, 0.6) is 0 Å². The minimum absolute atomic E-state index is 0.00334. The van der Waals surface area contributed by atoms with Crippen LogP contribution in [0.15, 0.2) is 0 Å². The highest BCUT2D eigenvalue weighted by atomic mass is 127. The molecular weight excluding hydrogens is 2210 g/mol. The quantitative estimate of drug-likeness (QED) is 0.0299. The van der Waals surface area contributed by atoms with E-state index in [1.807, 2.05) is 0 Å². The van der Waals surface area contributed by atoms with Crippen LogP contribution in [0.4, 0.5) is 17.1 Å². The molecule has 0 aliphatic rings. The first-order chi connectivity index (χ1) is 41.6. The topological polar surface area (TPSA) is 499 Å². The fraction of sp³-hybridized carbons (Fsp3) is 0.449. The van der Waals surface area contributed by atoms with E-state index in [0.717, 1.165) is 14.7 Å². The third kappa shape index (κ3) is 21.5. The van der Waals surface area contributed by atoms with Crippen LogP contribution in [0.25, 0.3) is 0 Å². The number of anilines is 3. The Morgan fingerprint density at radius 1 is 0.348 bits per heavy atom. The van der Waals surface area contributed by atoms with E-state index in [4.69, 9.17) is 0 Å². The monoisotopic (exact) mass is 2270 g/mol. The molecule has 9 amide bonds. The van der Waals surface area contributed by atoms with E-state index in [1.54, 1.807) is 203 Å². The predicted octanol–water partition coefficient (Wildman–Crippen LogP) is -2.40. The number of hydrogen-bond acceptors (Lipinski definition) is 22. The average Bonchev–Trinajstić information content (AvgIpc) is 1.83. The fourth-order valence-corrected chi connectivity index (χ4v) is 20.5. The average molecular weight is 2270 g/mol. The maximum absolute atomic E-state index is 15.5. The number of likely N-dealkylation sites (N-methyl/N-ethyl adjacent to an activating group) is 2. The van der Waals surface area contributed by atoms with Crippen molar-refractivity contribution >= 4 is 274 Å². The largest absolute Gasteiger partial charge is 0.394 e. The molecule has 0 spiro atoms. The Morgan fingerprint density at radius 3 is 0.899 bits per heavy atom. The molecule has 494 valence electrons. The van der Waals surface area contributed by atoms with Gasteiger partial charge in [0.1, 0.15) is 0 Å². The van der Waals surface area contributed by atoms with Crippen LogP contribution in [0.1, 0.15) is 62.1 Å². The first-order valence-corrected chi connectivity index (χ1v) is 34.9. The Bertz CT molecular complexity index is 3180. The number of nitrogens with one attached hydrogen (secondary N) is 6. The van der Waals surface area contributed by atoms with Gasteiger partial charge < -0.3 is 113 Å². The Balaban J connectivity index is 2.36. The van der Waals surface area contributed by atoms with Gasteiger partial charge in [0.15, 0.2) is 18.3 Å². The highest BCUT2D eigenvalue weighted by Gasteiger charge is 2.37. The van der Waals surface area contributed by atoms with Crippen molar-refractivity contribution in [3.05, 3.63) is 65.5 Å². The molecule has 0 bridgehead atoms. The molecule has 0 aromatic heterocycles. The van der Waals surface area contributed by atoms with Crippen molar-refractivity contribution in [3.63, 3.8) is 0 Å². The number of rotatable bonds is 31. The molecular formula is C49H58I9N9O22. The van der Waals surface area contributed by atoms with Gasteiger partial charge >= 0.3 is 0 Å². The molecule has 7 atom stereocenters. The zero-order chi connectivity index (χ0) is 67.8. The first kappa shape index (κ1) is 82.2. The fourth-order valence-electron chi connectivity index (χ4n) is 7.34. The summed E-state index contributed by atoms with van der Waals surface area (Å²) in [5.41, 5.74) is -2.08. The van der Waals surface area contributed by atoms with Crippen LogP contribution < -0.4 is 31.9 Å². The van der Waals surface area contributed by atoms with Gasteiger partial charge in [0, 0.05) is 70.6 Å². The van der Waals surface area contributed by atoms with Crippen LogP contribution in [0.2, 0.25) is 0 Å². The molecule has 3 aromatic rings. The van der Waals surface area contributed by atoms with Crippen LogP contribution in [0, 0.1) is 32.1 Å². The predicted molar refractivity (Wildman–Crippen MR) is 391 cm³/mol. The van der Waals surface area contributed by atoms with E-state index in [0.29, 0.717) is 0 Å². The van der Waals surface area contributed by atoms with Crippen LogP contribution >= 0.6 is 203 Å². The summed E-state index contributed by atoms with van der Waals surface area (Å²) in [6.07, 6.45) is -11.9. The molecule has 31 nitrogen and oxygen atoms in total. The van der Waals surface area contributed by atoms with Crippen LogP contribution in [-0.4, -0.2) is 277 Å². The number of aliphatic hydroxyl groups is 13. The van der Waals surface area contributed by atoms with Gasteiger partial charge in [0.05, 0.1) is 136 Å². The van der Waals surface area contributed by atoms with Crippen LogP contribution in [0.3, 0.4) is 0 Å². The van der Waals surface area contributed by atoms with Gasteiger partial charge in [0.25, 0.3) is 53.2 Å². The van der Waals surface area contributed by atoms with Crippen molar-refractivity contribution in [1.29, 1.82) is 0 Å². The first-order valence-electron chi connectivity index (χ1n) is 25.2. The van der Waals surface area contributed by atoms with Gasteiger partial charge in [-0.15, -0.1) is 0 Å². The number of halogens is 9. The minimum atomic E-state index is -2.01. The van der Waals surface area contributed by atoms with Crippen molar-refractivity contribution < 1.29 is 110 Å². The molecule has 0 aliphatic carbocycles. The van der Waals surface area contributed by atoms with Gasteiger partial charge in [0.2, 0.25) is 0 Å². The van der Waals surface area contributed by atoms with Gasteiger partial charge in [-0.1, -0.05) is 0 Å². The van der Waals surface area contributed by atoms with Gasteiger partial charge in [-0.25, -0.2) is 0 Å². The summed E-state index contributed by atoms with van der Waals surface area (Å²) in [5.74, 6) is -8.94. The lowest BCUT2D eigenvalue weighted by atomic mass is 10.1. The number of amides is 9. The second-order valence-corrected chi connectivity index (χ2v) is 28.4. The molecule has 0 fully saturated rings. The second-order valence-electron chi connectivity index (χ2n) is 18.7. The lowest BCUT2D eigenvalue weighted by molar-refractivity contribution is -0.126. The number of benzene rings is 3. The summed E-state index contributed by atoms with van der Waals surface area (Å²) >= 11 is 15.3. The van der Waals surface area contributed by atoms with E-state index in [9.17, 15) is 105 Å². The molecule has 7 unspecified atom stereocenters. The third-order valence-corrected chi connectivity index (χ3v) is 21.9. The zero-order valence-corrected chi connectivity index (χ0v) is 65.4. The number of carbonyl (C=O) groups excluding carboxylic acids is 9. The third-order valence-electron chi connectivity index (χ3n) is 12.2. The van der Waals surface area contributed by atoms with E-state index >= 15 is 4.79 Å². The highest BCUT2D eigenvalue weighted by Crippen LogP contribution is 2.40. The molecule has 0 radical (unpaired) electrons. The second kappa shape index (κ2) is 38.6. The number of hydrogen-bond donors (Lipinski definition) is 19. The van der Waals surface area contributed by atoms with Gasteiger partial charge in [-0.2, -0.15) is 0 Å². The smallest absolute Gasteiger partial charge is 0.256 e. The molecule has 3 rings (SSSR count). The van der Waals surface area contributed by atoms with E-state index in [2.05, 4.69) is 31.9 Å². The van der Waals surface area contributed by atoms with Crippen molar-refractivity contribution in [2.75, 3.05) is 116 Å². The maximum atomic E-state index is 15.5. The summed E-state index contributed by atoms with van der Waals surface area (Å²) in [4.78, 5) is 129. The number of carbonyl (C=O) groups is 9.